The summed E-state index contributed by atoms with van der Waals surface area (Å²) in [5, 5.41) is 0. The maximum Gasteiger partial charge on any atom is 0.260 e. The van der Waals surface area contributed by atoms with Crippen molar-refractivity contribution in [1.29, 1.82) is 0 Å². The van der Waals surface area contributed by atoms with E-state index in [-0.39, 0.29) is 13.4 Å². The van der Waals surface area contributed by atoms with E-state index >= 15 is 0 Å². The van der Waals surface area contributed by atoms with E-state index in [4.69, 9.17) is 14.2 Å². The predicted molar refractivity (Wildman–Crippen MR) is 352 cm³/mol. The first-order chi connectivity index (χ1) is 42.1. The Labute approximate surface area is 495 Å². The van der Waals surface area contributed by atoms with Gasteiger partial charge in [-0.2, -0.15) is 0 Å². The Morgan fingerprint density at radius 2 is 0.671 bits per heavy atom. The highest BCUT2D eigenvalue weighted by molar-refractivity contribution is 7.01. The van der Waals surface area contributed by atoms with Gasteiger partial charge in [-0.3, -0.25) is 0 Å². The molecule has 0 aliphatic carbocycles. The zero-order valence-electron chi connectivity index (χ0n) is 46.1. The molecule has 13 aromatic rings. The molecular formula is C78H50B2N2O3. The Balaban J connectivity index is 0.941. The molecule has 0 N–H and O–H groups in total. The molecule has 0 amide bonds. The molecule has 0 saturated carbocycles. The number of nitrogens with zero attached hydrogens (tertiary/aromatic N) is 2. The van der Waals surface area contributed by atoms with Gasteiger partial charge < -0.3 is 24.0 Å². The third kappa shape index (κ3) is 8.11. The summed E-state index contributed by atoms with van der Waals surface area (Å²) in [6, 6.07) is 109. The lowest BCUT2D eigenvalue weighted by Crippen LogP contribution is -2.62. The highest BCUT2D eigenvalue weighted by Gasteiger charge is 2.47. The Morgan fingerprint density at radius 3 is 1.26 bits per heavy atom. The van der Waals surface area contributed by atoms with Crippen LogP contribution in [0.3, 0.4) is 0 Å². The fraction of sp³-hybridized carbons (Fsp3) is 0. The van der Waals surface area contributed by atoms with Gasteiger partial charge in [0.2, 0.25) is 0 Å². The average Bonchev–Trinajstić information content (AvgIpc) is 0.891. The summed E-state index contributed by atoms with van der Waals surface area (Å²) < 4.78 is 21.8. The van der Waals surface area contributed by atoms with E-state index in [0.717, 1.165) is 157 Å². The summed E-state index contributed by atoms with van der Waals surface area (Å²) in [5.74, 6) is 4.85. The molecule has 5 nitrogen and oxygen atoms in total. The Morgan fingerprint density at radius 1 is 0.235 bits per heavy atom. The van der Waals surface area contributed by atoms with Crippen LogP contribution in [0.4, 0.5) is 34.1 Å². The van der Waals surface area contributed by atoms with E-state index in [2.05, 4.69) is 313 Å². The molecule has 0 bridgehead atoms. The van der Waals surface area contributed by atoms with Crippen LogP contribution >= 0.6 is 0 Å². The van der Waals surface area contributed by atoms with E-state index in [9.17, 15) is 0 Å². The van der Waals surface area contributed by atoms with E-state index in [0.29, 0.717) is 0 Å². The number of anilines is 6. The van der Waals surface area contributed by atoms with Crippen molar-refractivity contribution in [3.05, 3.63) is 303 Å². The normalized spacial score (nSPS) is 12.7. The van der Waals surface area contributed by atoms with Gasteiger partial charge in [-0.1, -0.05) is 212 Å². The van der Waals surface area contributed by atoms with Crippen LogP contribution in [-0.2, 0) is 0 Å². The molecule has 0 saturated heterocycles. The van der Waals surface area contributed by atoms with E-state index in [1.54, 1.807) is 0 Å². The molecule has 396 valence electrons. The van der Waals surface area contributed by atoms with Crippen molar-refractivity contribution >= 4 is 80.3 Å². The minimum atomic E-state index is -0.214. The van der Waals surface area contributed by atoms with Crippen molar-refractivity contribution in [2.75, 3.05) is 9.80 Å². The number of fused-ring (bicyclic) bond motifs is 8. The molecule has 0 atom stereocenters. The monoisotopic (exact) mass is 1080 g/mol. The first-order valence-electron chi connectivity index (χ1n) is 29.1. The zero-order valence-corrected chi connectivity index (χ0v) is 46.1. The van der Waals surface area contributed by atoms with Crippen molar-refractivity contribution in [3.63, 3.8) is 0 Å². The lowest BCUT2D eigenvalue weighted by atomic mass is 9.31. The van der Waals surface area contributed by atoms with Crippen molar-refractivity contribution < 1.29 is 14.2 Å². The third-order valence-corrected chi connectivity index (χ3v) is 17.4. The maximum atomic E-state index is 7.54. The maximum absolute atomic E-state index is 7.54. The largest absolute Gasteiger partial charge is 0.458 e. The second kappa shape index (κ2) is 19.9. The van der Waals surface area contributed by atoms with E-state index in [1.807, 2.05) is 0 Å². The standard InChI is InChI=1S/C78H50B2N2O3/c1-6-24-51(25-7-1)54-42-55(52-26-8-2-9-27-52)44-56(43-54)63-36-18-21-39-68(63)82-69-50-73-67(80-65-38-20-23-41-72(65)83-74-45-57(46-75(85-73)78(74)80)62-35-17-16-34-61(62)53-28-10-3-11-29-53)49-66(69)79-64-37-19-22-40-71(64)84-76-48-60(47-70(82)77(76)79)81(58-30-12-4-13-31-58)59-32-14-5-15-33-59/h1-50H. The molecule has 4 aliphatic rings. The van der Waals surface area contributed by atoms with Gasteiger partial charge in [0.1, 0.15) is 34.5 Å². The lowest BCUT2D eigenvalue weighted by Gasteiger charge is -2.43. The highest BCUT2D eigenvalue weighted by atomic mass is 16.5. The van der Waals surface area contributed by atoms with Crippen LogP contribution in [0.5, 0.6) is 34.5 Å². The SMILES string of the molecule is c1ccc(-c2cc(-c3ccccc3)cc(-c3ccccc3N3c4cc5c(cc4B4c6ccccc6Oc6cc(N(c7ccccc7)c7ccccc7)cc3c64)B3c4ccccc4Oc4cc(-c6ccccc6-c6ccccc6)cc(c43)O5)c2)cc1. The van der Waals surface area contributed by atoms with Crippen molar-refractivity contribution in [2.24, 2.45) is 0 Å². The van der Waals surface area contributed by atoms with Crippen LogP contribution in [0, 0.1) is 0 Å². The van der Waals surface area contributed by atoms with Crippen LogP contribution in [-0.4, -0.2) is 13.4 Å². The Hall–Kier alpha value is -11.0. The lowest BCUT2D eigenvalue weighted by molar-refractivity contribution is 0.465. The molecule has 4 heterocycles. The van der Waals surface area contributed by atoms with Gasteiger partial charge in [-0.15, -0.1) is 0 Å². The fourth-order valence-corrected chi connectivity index (χ4v) is 13.7. The third-order valence-electron chi connectivity index (χ3n) is 17.4. The van der Waals surface area contributed by atoms with Gasteiger partial charge in [0.25, 0.3) is 13.4 Å². The first-order valence-corrected chi connectivity index (χ1v) is 29.1. The van der Waals surface area contributed by atoms with Gasteiger partial charge in [0.15, 0.2) is 0 Å². The first kappa shape index (κ1) is 48.7. The number of hydrogen-bond acceptors (Lipinski definition) is 5. The summed E-state index contributed by atoms with van der Waals surface area (Å²) >= 11 is 0. The van der Waals surface area contributed by atoms with Gasteiger partial charge in [-0.05, 0) is 156 Å². The van der Waals surface area contributed by atoms with Gasteiger partial charge in [0.05, 0.1) is 11.4 Å². The molecule has 0 radical (unpaired) electrons. The number of hydrogen-bond donors (Lipinski definition) is 0. The number of ether oxygens (including phenoxy) is 3. The Bertz CT molecular complexity index is 4670. The van der Waals surface area contributed by atoms with Crippen LogP contribution in [0.25, 0.3) is 55.6 Å². The minimum Gasteiger partial charge on any atom is -0.458 e. The number of para-hydroxylation sites is 5. The average molecular weight is 1080 g/mol. The number of benzene rings is 13. The van der Waals surface area contributed by atoms with Crippen LogP contribution in [0.1, 0.15) is 0 Å². The van der Waals surface area contributed by atoms with Crippen molar-refractivity contribution in [1.82, 2.24) is 0 Å². The van der Waals surface area contributed by atoms with Crippen molar-refractivity contribution in [3.8, 4) is 90.1 Å². The summed E-state index contributed by atoms with van der Waals surface area (Å²) in [4.78, 5) is 4.84. The molecule has 0 unspecified atom stereocenters. The summed E-state index contributed by atoms with van der Waals surface area (Å²) in [7, 11) is 0. The molecule has 85 heavy (non-hydrogen) atoms. The smallest absolute Gasteiger partial charge is 0.260 e. The van der Waals surface area contributed by atoms with Crippen LogP contribution < -0.4 is 56.8 Å². The van der Waals surface area contributed by atoms with E-state index in [1.165, 1.54) is 0 Å². The molecule has 17 rings (SSSR count). The summed E-state index contributed by atoms with van der Waals surface area (Å²) in [5.41, 5.74) is 23.8. The van der Waals surface area contributed by atoms with Gasteiger partial charge in [0, 0.05) is 45.9 Å². The van der Waals surface area contributed by atoms with Crippen molar-refractivity contribution in [2.45, 2.75) is 0 Å². The molecule has 0 fully saturated rings. The van der Waals surface area contributed by atoms with Crippen LogP contribution in [0.15, 0.2) is 303 Å². The molecule has 4 aliphatic heterocycles. The second-order valence-electron chi connectivity index (χ2n) is 22.3. The summed E-state index contributed by atoms with van der Waals surface area (Å²) in [6.07, 6.45) is 0. The topological polar surface area (TPSA) is 34.2 Å². The van der Waals surface area contributed by atoms with Crippen LogP contribution in [0.2, 0.25) is 0 Å². The second-order valence-corrected chi connectivity index (χ2v) is 22.3. The molecular weight excluding hydrogens is 1030 g/mol. The van der Waals surface area contributed by atoms with Gasteiger partial charge in [-0.25, -0.2) is 0 Å². The Kier molecular flexibility index (Phi) is 11.4. The minimum absolute atomic E-state index is 0.191. The molecule has 7 heteroatoms. The van der Waals surface area contributed by atoms with Gasteiger partial charge >= 0.3 is 0 Å². The molecule has 0 spiro atoms. The van der Waals surface area contributed by atoms with E-state index < -0.39 is 0 Å². The summed E-state index contributed by atoms with van der Waals surface area (Å²) in [6.45, 7) is -0.405. The fourth-order valence-electron chi connectivity index (χ4n) is 13.7. The predicted octanol–water partition coefficient (Wildman–Crippen LogP) is 16.6. The quantitative estimate of drug-likeness (QED) is 0.135. The molecule has 13 aromatic carbocycles. The highest BCUT2D eigenvalue weighted by Crippen LogP contribution is 2.50. The number of rotatable bonds is 9. The zero-order chi connectivity index (χ0) is 56.0. The molecule has 0 aromatic heterocycles.